The largest absolute Gasteiger partial charge is 0.340 e. The molecular formula is C21H23BrClN3O3. The minimum atomic E-state index is -0.792. The lowest BCUT2D eigenvalue weighted by molar-refractivity contribution is -0.135. The highest BCUT2D eigenvalue weighted by Crippen LogP contribution is 2.21. The number of rotatable bonds is 7. The summed E-state index contributed by atoms with van der Waals surface area (Å²) in [5.74, 6) is -1.31. The highest BCUT2D eigenvalue weighted by molar-refractivity contribution is 9.10. The van der Waals surface area contributed by atoms with Crippen molar-refractivity contribution >= 4 is 50.9 Å². The van der Waals surface area contributed by atoms with Crippen LogP contribution in [0, 0.1) is 5.92 Å². The number of anilines is 1. The molecule has 154 valence electrons. The molecule has 0 heterocycles. The monoisotopic (exact) mass is 479 g/mol. The van der Waals surface area contributed by atoms with E-state index in [9.17, 15) is 14.4 Å². The van der Waals surface area contributed by atoms with E-state index < -0.39 is 11.9 Å². The quantitative estimate of drug-likeness (QED) is 0.630. The van der Waals surface area contributed by atoms with Gasteiger partial charge in [-0.25, -0.2) is 0 Å². The highest BCUT2D eigenvalue weighted by Gasteiger charge is 2.28. The summed E-state index contributed by atoms with van der Waals surface area (Å²) >= 11 is 9.43. The topological polar surface area (TPSA) is 78.5 Å². The number of carbonyl (C=O) groups excluding carboxylic acids is 3. The number of carbonyl (C=O) groups is 3. The van der Waals surface area contributed by atoms with Crippen LogP contribution in [0.3, 0.4) is 0 Å². The van der Waals surface area contributed by atoms with Gasteiger partial charge in [0.2, 0.25) is 11.8 Å². The first kappa shape index (κ1) is 22.9. The van der Waals surface area contributed by atoms with E-state index in [4.69, 9.17) is 11.6 Å². The van der Waals surface area contributed by atoms with Crippen molar-refractivity contribution in [3.63, 3.8) is 0 Å². The number of nitrogens with one attached hydrogen (secondary N) is 2. The number of nitrogens with zero attached hydrogens (tertiary/aromatic N) is 1. The highest BCUT2D eigenvalue weighted by atomic mass is 79.9. The third-order valence-electron chi connectivity index (χ3n) is 4.24. The zero-order chi connectivity index (χ0) is 21.6. The average molecular weight is 481 g/mol. The Morgan fingerprint density at radius 2 is 1.69 bits per heavy atom. The van der Waals surface area contributed by atoms with E-state index in [-0.39, 0.29) is 24.3 Å². The SMILES string of the molecule is CC(C)C(NC(=O)c1ccccc1Cl)C(=O)N(C)CC(=O)Nc1ccccc1Br. The van der Waals surface area contributed by atoms with Crippen molar-refractivity contribution in [2.75, 3.05) is 18.9 Å². The van der Waals surface area contributed by atoms with E-state index in [1.807, 2.05) is 26.0 Å². The Balaban J connectivity index is 2.04. The molecule has 0 aliphatic rings. The van der Waals surface area contributed by atoms with Gasteiger partial charge >= 0.3 is 0 Å². The van der Waals surface area contributed by atoms with E-state index >= 15 is 0 Å². The zero-order valence-corrected chi connectivity index (χ0v) is 18.8. The molecular weight excluding hydrogens is 458 g/mol. The molecule has 0 fully saturated rings. The number of hydrogen-bond donors (Lipinski definition) is 2. The number of para-hydroxylation sites is 1. The maximum absolute atomic E-state index is 12.9. The summed E-state index contributed by atoms with van der Waals surface area (Å²) in [6, 6.07) is 13.0. The minimum Gasteiger partial charge on any atom is -0.340 e. The fourth-order valence-corrected chi connectivity index (χ4v) is 3.27. The summed E-state index contributed by atoms with van der Waals surface area (Å²) in [7, 11) is 1.53. The Kier molecular flexibility index (Phi) is 8.22. The van der Waals surface area contributed by atoms with Crippen LogP contribution in [0.4, 0.5) is 5.69 Å². The molecule has 2 aromatic rings. The lowest BCUT2D eigenvalue weighted by atomic mass is 10.0. The Bertz CT molecular complexity index is 904. The van der Waals surface area contributed by atoms with Crippen molar-refractivity contribution in [3.05, 3.63) is 63.6 Å². The standard InChI is InChI=1S/C21H23BrClN3O3/c1-13(2)19(25-20(28)14-8-4-6-10-16(14)23)21(29)26(3)12-18(27)24-17-11-7-5-9-15(17)22/h4-11,13,19H,12H2,1-3H3,(H,24,27)(H,25,28). The molecule has 2 aromatic carbocycles. The Morgan fingerprint density at radius 3 is 2.31 bits per heavy atom. The molecule has 2 rings (SSSR count). The van der Waals surface area contributed by atoms with Gasteiger partial charge in [-0.05, 0) is 46.1 Å². The van der Waals surface area contributed by atoms with Crippen LogP contribution < -0.4 is 10.6 Å². The predicted octanol–water partition coefficient (Wildman–Crippen LogP) is 3.95. The van der Waals surface area contributed by atoms with Gasteiger partial charge in [0.25, 0.3) is 5.91 Å². The van der Waals surface area contributed by atoms with Crippen LogP contribution >= 0.6 is 27.5 Å². The van der Waals surface area contributed by atoms with Crippen LogP contribution in [0.1, 0.15) is 24.2 Å². The van der Waals surface area contributed by atoms with Gasteiger partial charge in [0.15, 0.2) is 0 Å². The Labute approximate surface area is 183 Å². The smallest absolute Gasteiger partial charge is 0.253 e. The van der Waals surface area contributed by atoms with Gasteiger partial charge in [-0.3, -0.25) is 14.4 Å². The average Bonchev–Trinajstić information content (AvgIpc) is 2.67. The number of hydrogen-bond acceptors (Lipinski definition) is 3. The molecule has 3 amide bonds. The fraction of sp³-hybridized carbons (Fsp3) is 0.286. The summed E-state index contributed by atoms with van der Waals surface area (Å²) < 4.78 is 0.745. The van der Waals surface area contributed by atoms with Crippen LogP contribution in [-0.2, 0) is 9.59 Å². The van der Waals surface area contributed by atoms with Crippen molar-refractivity contribution in [1.82, 2.24) is 10.2 Å². The van der Waals surface area contributed by atoms with E-state index in [0.717, 1.165) is 4.47 Å². The number of amides is 3. The number of benzene rings is 2. The van der Waals surface area contributed by atoms with Crippen molar-refractivity contribution < 1.29 is 14.4 Å². The third kappa shape index (κ3) is 6.30. The van der Waals surface area contributed by atoms with E-state index in [2.05, 4.69) is 26.6 Å². The van der Waals surface area contributed by atoms with Gasteiger partial charge in [-0.15, -0.1) is 0 Å². The van der Waals surface area contributed by atoms with Gasteiger partial charge in [0.1, 0.15) is 6.04 Å². The predicted molar refractivity (Wildman–Crippen MR) is 118 cm³/mol. The lowest BCUT2D eigenvalue weighted by Gasteiger charge is -2.27. The Morgan fingerprint density at radius 1 is 1.07 bits per heavy atom. The molecule has 0 spiro atoms. The second kappa shape index (κ2) is 10.4. The molecule has 0 aliphatic heterocycles. The van der Waals surface area contributed by atoms with Crippen molar-refractivity contribution in [1.29, 1.82) is 0 Å². The van der Waals surface area contributed by atoms with Crippen LogP contribution in [0.2, 0.25) is 5.02 Å². The van der Waals surface area contributed by atoms with Crippen LogP contribution in [0.15, 0.2) is 53.0 Å². The molecule has 0 saturated heterocycles. The molecule has 29 heavy (non-hydrogen) atoms. The molecule has 2 N–H and O–H groups in total. The first-order valence-corrected chi connectivity index (χ1v) is 10.2. The zero-order valence-electron chi connectivity index (χ0n) is 16.4. The van der Waals surface area contributed by atoms with Crippen molar-refractivity contribution in [3.8, 4) is 0 Å². The first-order valence-electron chi connectivity index (χ1n) is 9.05. The van der Waals surface area contributed by atoms with Crippen molar-refractivity contribution in [2.45, 2.75) is 19.9 Å². The summed E-state index contributed by atoms with van der Waals surface area (Å²) in [6.07, 6.45) is 0. The molecule has 8 heteroatoms. The van der Waals surface area contributed by atoms with Crippen LogP contribution in [0.5, 0.6) is 0 Å². The molecule has 1 atom stereocenters. The van der Waals surface area contributed by atoms with E-state index in [1.54, 1.807) is 36.4 Å². The van der Waals surface area contributed by atoms with Crippen LogP contribution in [-0.4, -0.2) is 42.3 Å². The first-order chi connectivity index (χ1) is 13.7. The van der Waals surface area contributed by atoms with Crippen molar-refractivity contribution in [2.24, 2.45) is 5.92 Å². The summed E-state index contributed by atoms with van der Waals surface area (Å²) in [6.45, 7) is 3.50. The number of halogens is 2. The maximum Gasteiger partial charge on any atom is 0.253 e. The van der Waals surface area contributed by atoms with E-state index in [0.29, 0.717) is 16.3 Å². The summed E-state index contributed by atoms with van der Waals surface area (Å²) in [5, 5.41) is 5.79. The Hall–Kier alpha value is -2.38. The summed E-state index contributed by atoms with van der Waals surface area (Å²) in [4.78, 5) is 39.1. The maximum atomic E-state index is 12.9. The van der Waals surface area contributed by atoms with Gasteiger partial charge < -0.3 is 15.5 Å². The molecule has 6 nitrogen and oxygen atoms in total. The molecule has 0 aliphatic carbocycles. The van der Waals surface area contributed by atoms with E-state index in [1.165, 1.54) is 11.9 Å². The second-order valence-electron chi connectivity index (χ2n) is 6.90. The molecule has 1 unspecified atom stereocenters. The molecule has 0 radical (unpaired) electrons. The van der Waals surface area contributed by atoms with Gasteiger partial charge in [0, 0.05) is 11.5 Å². The molecule has 0 saturated carbocycles. The third-order valence-corrected chi connectivity index (χ3v) is 5.26. The van der Waals surface area contributed by atoms with Crippen LogP contribution in [0.25, 0.3) is 0 Å². The minimum absolute atomic E-state index is 0.147. The second-order valence-corrected chi connectivity index (χ2v) is 8.16. The molecule has 0 bridgehead atoms. The van der Waals surface area contributed by atoms with Gasteiger partial charge in [0.05, 0.1) is 22.8 Å². The van der Waals surface area contributed by atoms with Gasteiger partial charge in [-0.2, -0.15) is 0 Å². The molecule has 0 aromatic heterocycles. The fourth-order valence-electron chi connectivity index (χ4n) is 2.66. The lowest BCUT2D eigenvalue weighted by Crippen LogP contribution is -2.51. The summed E-state index contributed by atoms with van der Waals surface area (Å²) in [5.41, 5.74) is 0.910. The normalized spacial score (nSPS) is 11.7. The number of likely N-dealkylation sites (N-methyl/N-ethyl adjacent to an activating group) is 1. The van der Waals surface area contributed by atoms with Gasteiger partial charge in [-0.1, -0.05) is 49.7 Å².